The van der Waals surface area contributed by atoms with Gasteiger partial charge < -0.3 is 10.2 Å². The maximum atomic E-state index is 12.7. The van der Waals surface area contributed by atoms with Crippen LogP contribution in [-0.2, 0) is 9.59 Å². The van der Waals surface area contributed by atoms with Gasteiger partial charge >= 0.3 is 0 Å². The van der Waals surface area contributed by atoms with Crippen LogP contribution < -0.4 is 5.32 Å². The molecule has 1 aromatic rings. The summed E-state index contributed by atoms with van der Waals surface area (Å²) in [5.74, 6) is 0.419. The quantitative estimate of drug-likeness (QED) is 0.913. The molecule has 1 aliphatic heterocycles. The molecule has 2 atom stereocenters. The summed E-state index contributed by atoms with van der Waals surface area (Å²) in [6.07, 6.45) is 2.49. The number of hydrogen-bond acceptors (Lipinski definition) is 2. The van der Waals surface area contributed by atoms with Gasteiger partial charge in [0.15, 0.2) is 0 Å². The molecule has 1 aromatic carbocycles. The van der Waals surface area contributed by atoms with Crippen molar-refractivity contribution in [2.24, 2.45) is 5.92 Å². The molecule has 106 valence electrons. The Morgan fingerprint density at radius 1 is 1.20 bits per heavy atom. The molecule has 1 heterocycles. The summed E-state index contributed by atoms with van der Waals surface area (Å²) < 4.78 is 0. The van der Waals surface area contributed by atoms with Gasteiger partial charge in [-0.25, -0.2) is 0 Å². The molecule has 1 saturated heterocycles. The lowest BCUT2D eigenvalue weighted by atomic mass is 10.0. The number of hydrogen-bond donors (Lipinski definition) is 1. The number of carbonyl (C=O) groups is 2. The minimum absolute atomic E-state index is 0.00184. The van der Waals surface area contributed by atoms with E-state index in [9.17, 15) is 9.59 Å². The first-order chi connectivity index (χ1) is 9.66. The lowest BCUT2D eigenvalue weighted by Gasteiger charge is -2.30. The molecule has 2 unspecified atom stereocenters. The van der Waals surface area contributed by atoms with Crippen molar-refractivity contribution < 1.29 is 9.59 Å². The summed E-state index contributed by atoms with van der Waals surface area (Å²) in [6.45, 7) is 2.54. The fourth-order valence-electron chi connectivity index (χ4n) is 2.86. The zero-order valence-electron chi connectivity index (χ0n) is 11.7. The highest BCUT2D eigenvalue weighted by molar-refractivity contribution is 5.90. The van der Waals surface area contributed by atoms with E-state index in [0.29, 0.717) is 18.9 Å². The molecular formula is C16H20N2O2. The normalized spacial score (nSPS) is 25.1. The van der Waals surface area contributed by atoms with Gasteiger partial charge in [0.1, 0.15) is 6.04 Å². The SMILES string of the molecule is CC(c1ccccc1)N1CCC(=O)NC(C2CC2)C1=O. The highest BCUT2D eigenvalue weighted by Crippen LogP contribution is 2.35. The highest BCUT2D eigenvalue weighted by atomic mass is 16.2. The molecule has 2 amide bonds. The third-order valence-corrected chi connectivity index (χ3v) is 4.29. The topological polar surface area (TPSA) is 49.4 Å². The van der Waals surface area contributed by atoms with E-state index in [0.717, 1.165) is 18.4 Å². The van der Waals surface area contributed by atoms with E-state index in [2.05, 4.69) is 5.32 Å². The first-order valence-electron chi connectivity index (χ1n) is 7.31. The molecule has 4 heteroatoms. The molecule has 2 fully saturated rings. The summed E-state index contributed by atoms with van der Waals surface area (Å²) in [5.41, 5.74) is 1.12. The lowest BCUT2D eigenvalue weighted by molar-refractivity contribution is -0.136. The fourth-order valence-corrected chi connectivity index (χ4v) is 2.86. The van der Waals surface area contributed by atoms with Crippen LogP contribution in [0, 0.1) is 5.92 Å². The summed E-state index contributed by atoms with van der Waals surface area (Å²) >= 11 is 0. The van der Waals surface area contributed by atoms with Crippen molar-refractivity contribution in [2.45, 2.75) is 38.3 Å². The van der Waals surface area contributed by atoms with Crippen LogP contribution in [0.15, 0.2) is 30.3 Å². The predicted molar refractivity (Wildman–Crippen MR) is 75.8 cm³/mol. The first-order valence-corrected chi connectivity index (χ1v) is 7.31. The van der Waals surface area contributed by atoms with Crippen molar-refractivity contribution in [1.82, 2.24) is 10.2 Å². The van der Waals surface area contributed by atoms with E-state index in [4.69, 9.17) is 0 Å². The van der Waals surface area contributed by atoms with Crippen LogP contribution in [0.25, 0.3) is 0 Å². The van der Waals surface area contributed by atoms with Crippen LogP contribution in [0.2, 0.25) is 0 Å². The zero-order valence-corrected chi connectivity index (χ0v) is 11.7. The predicted octanol–water partition coefficient (Wildman–Crippen LogP) is 1.87. The monoisotopic (exact) mass is 272 g/mol. The molecule has 0 bridgehead atoms. The number of nitrogens with zero attached hydrogens (tertiary/aromatic N) is 1. The smallest absolute Gasteiger partial charge is 0.245 e. The first kappa shape index (κ1) is 13.2. The Kier molecular flexibility index (Phi) is 3.47. The number of nitrogens with one attached hydrogen (secondary N) is 1. The Hall–Kier alpha value is -1.84. The van der Waals surface area contributed by atoms with Gasteiger partial charge in [0.05, 0.1) is 6.04 Å². The second-order valence-corrected chi connectivity index (χ2v) is 5.75. The second kappa shape index (κ2) is 5.27. The largest absolute Gasteiger partial charge is 0.344 e. The molecule has 1 aliphatic carbocycles. The van der Waals surface area contributed by atoms with Crippen molar-refractivity contribution >= 4 is 11.8 Å². The van der Waals surface area contributed by atoms with Crippen LogP contribution in [0.4, 0.5) is 0 Å². The van der Waals surface area contributed by atoms with Crippen molar-refractivity contribution in [3.8, 4) is 0 Å². The average Bonchev–Trinajstić information content (AvgIpc) is 3.29. The van der Waals surface area contributed by atoms with E-state index in [1.165, 1.54) is 0 Å². The Morgan fingerprint density at radius 2 is 1.90 bits per heavy atom. The van der Waals surface area contributed by atoms with Gasteiger partial charge in [0.25, 0.3) is 0 Å². The van der Waals surface area contributed by atoms with Gasteiger partial charge in [-0.3, -0.25) is 9.59 Å². The Balaban J connectivity index is 1.83. The molecule has 2 aliphatic rings. The van der Waals surface area contributed by atoms with Gasteiger partial charge in [-0.15, -0.1) is 0 Å². The van der Waals surface area contributed by atoms with E-state index in [1.807, 2.05) is 42.2 Å². The number of rotatable bonds is 3. The van der Waals surface area contributed by atoms with Crippen molar-refractivity contribution in [3.63, 3.8) is 0 Å². The van der Waals surface area contributed by atoms with Gasteiger partial charge in [-0.2, -0.15) is 0 Å². The number of carbonyl (C=O) groups excluding carboxylic acids is 2. The summed E-state index contributed by atoms with van der Waals surface area (Å²) in [4.78, 5) is 26.3. The molecule has 20 heavy (non-hydrogen) atoms. The molecule has 0 radical (unpaired) electrons. The van der Waals surface area contributed by atoms with Crippen LogP contribution in [0.3, 0.4) is 0 Å². The van der Waals surface area contributed by atoms with Crippen LogP contribution in [0.5, 0.6) is 0 Å². The standard InChI is InChI=1S/C16H20N2O2/c1-11(12-5-3-2-4-6-12)18-10-9-14(19)17-15(16(18)20)13-7-8-13/h2-6,11,13,15H,7-10H2,1H3,(H,17,19). The summed E-state index contributed by atoms with van der Waals surface area (Å²) in [5, 5.41) is 2.90. The van der Waals surface area contributed by atoms with Gasteiger partial charge in [-0.05, 0) is 31.2 Å². The van der Waals surface area contributed by atoms with E-state index >= 15 is 0 Å². The minimum Gasteiger partial charge on any atom is -0.344 e. The molecule has 3 rings (SSSR count). The maximum absolute atomic E-state index is 12.7. The lowest BCUT2D eigenvalue weighted by Crippen LogP contribution is -2.46. The van der Waals surface area contributed by atoms with E-state index < -0.39 is 0 Å². The van der Waals surface area contributed by atoms with E-state index in [-0.39, 0.29) is 23.9 Å². The molecule has 1 N–H and O–H groups in total. The molecule has 0 aromatic heterocycles. The molecule has 1 saturated carbocycles. The zero-order chi connectivity index (χ0) is 14.1. The van der Waals surface area contributed by atoms with Crippen molar-refractivity contribution in [1.29, 1.82) is 0 Å². The van der Waals surface area contributed by atoms with Crippen molar-refractivity contribution in [3.05, 3.63) is 35.9 Å². The Morgan fingerprint density at radius 3 is 2.55 bits per heavy atom. The molecule has 4 nitrogen and oxygen atoms in total. The summed E-state index contributed by atoms with van der Waals surface area (Å²) in [7, 11) is 0. The van der Waals surface area contributed by atoms with E-state index in [1.54, 1.807) is 0 Å². The van der Waals surface area contributed by atoms with Gasteiger partial charge in [-0.1, -0.05) is 30.3 Å². The average molecular weight is 272 g/mol. The maximum Gasteiger partial charge on any atom is 0.245 e. The van der Waals surface area contributed by atoms with Crippen LogP contribution in [-0.4, -0.2) is 29.3 Å². The fraction of sp³-hybridized carbons (Fsp3) is 0.500. The van der Waals surface area contributed by atoms with Gasteiger partial charge in [0, 0.05) is 13.0 Å². The number of benzene rings is 1. The summed E-state index contributed by atoms with van der Waals surface area (Å²) in [6, 6.07) is 9.70. The minimum atomic E-state index is -0.309. The second-order valence-electron chi connectivity index (χ2n) is 5.75. The highest BCUT2D eigenvalue weighted by Gasteiger charge is 2.42. The third kappa shape index (κ3) is 2.55. The molecular weight excluding hydrogens is 252 g/mol. The molecule has 0 spiro atoms. The van der Waals surface area contributed by atoms with Crippen LogP contribution in [0.1, 0.15) is 37.8 Å². The third-order valence-electron chi connectivity index (χ3n) is 4.29. The van der Waals surface area contributed by atoms with Gasteiger partial charge in [0.2, 0.25) is 11.8 Å². The van der Waals surface area contributed by atoms with Crippen LogP contribution >= 0.6 is 0 Å². The number of amides is 2. The Labute approximate surface area is 119 Å². The van der Waals surface area contributed by atoms with Crippen molar-refractivity contribution in [2.75, 3.05) is 6.54 Å². The Bertz CT molecular complexity index is 510.